The summed E-state index contributed by atoms with van der Waals surface area (Å²) in [5.74, 6) is 1.20. The highest BCUT2D eigenvalue weighted by Crippen LogP contribution is 2.27. The topological polar surface area (TPSA) is 81.1 Å². The first kappa shape index (κ1) is 13.6. The van der Waals surface area contributed by atoms with Gasteiger partial charge in [0.25, 0.3) is 0 Å². The molecular weight excluding hydrogens is 264 g/mol. The smallest absolute Gasteiger partial charge is 0.193 e. The highest BCUT2D eigenvalue weighted by atomic mass is 15.3. The lowest BCUT2D eigenvalue weighted by atomic mass is 9.90. The summed E-state index contributed by atoms with van der Waals surface area (Å²) in [5, 5.41) is 7.23. The Bertz CT molecular complexity index is 658. The minimum Gasteiger partial charge on any atom is -0.370 e. The van der Waals surface area contributed by atoms with Gasteiger partial charge in [-0.15, -0.1) is 0 Å². The number of nitrogens with two attached hydrogens (primary N) is 1. The van der Waals surface area contributed by atoms with Gasteiger partial charge >= 0.3 is 0 Å². The van der Waals surface area contributed by atoms with Crippen molar-refractivity contribution in [2.75, 3.05) is 5.32 Å². The second-order valence-electron chi connectivity index (χ2n) is 5.28. The maximum absolute atomic E-state index is 5.99. The Morgan fingerprint density at radius 3 is 3.05 bits per heavy atom. The SMILES string of the molecule is Cn1ncnc1CN=C(N)Nc1cccc2c1CCCC2. The number of anilines is 1. The van der Waals surface area contributed by atoms with E-state index in [0.29, 0.717) is 12.5 Å². The second kappa shape index (κ2) is 5.95. The summed E-state index contributed by atoms with van der Waals surface area (Å²) < 4.78 is 1.70. The fourth-order valence-electron chi connectivity index (χ4n) is 2.70. The number of hydrogen-bond acceptors (Lipinski definition) is 3. The number of aromatic nitrogens is 3. The first-order chi connectivity index (χ1) is 10.2. The van der Waals surface area contributed by atoms with Crippen molar-refractivity contribution < 1.29 is 0 Å². The van der Waals surface area contributed by atoms with Crippen molar-refractivity contribution in [3.05, 3.63) is 41.5 Å². The van der Waals surface area contributed by atoms with Crippen LogP contribution in [0.3, 0.4) is 0 Å². The molecule has 3 rings (SSSR count). The van der Waals surface area contributed by atoms with Crippen LogP contribution in [0.15, 0.2) is 29.5 Å². The normalized spacial score (nSPS) is 14.8. The van der Waals surface area contributed by atoms with Gasteiger partial charge in [0, 0.05) is 12.7 Å². The highest BCUT2D eigenvalue weighted by Gasteiger charge is 2.13. The monoisotopic (exact) mass is 284 g/mol. The van der Waals surface area contributed by atoms with Gasteiger partial charge in [-0.05, 0) is 42.9 Å². The summed E-state index contributed by atoms with van der Waals surface area (Å²) in [5.41, 5.74) is 9.86. The zero-order valence-electron chi connectivity index (χ0n) is 12.2. The summed E-state index contributed by atoms with van der Waals surface area (Å²) in [6.45, 7) is 0.421. The van der Waals surface area contributed by atoms with E-state index >= 15 is 0 Å². The van der Waals surface area contributed by atoms with Crippen LogP contribution in [0, 0.1) is 0 Å². The van der Waals surface area contributed by atoms with Crippen LogP contribution in [-0.2, 0) is 26.4 Å². The summed E-state index contributed by atoms with van der Waals surface area (Å²) in [6, 6.07) is 6.34. The number of aryl methyl sites for hydroxylation is 2. The Morgan fingerprint density at radius 1 is 1.38 bits per heavy atom. The van der Waals surface area contributed by atoms with Crippen molar-refractivity contribution in [3.63, 3.8) is 0 Å². The summed E-state index contributed by atoms with van der Waals surface area (Å²) in [7, 11) is 1.84. The number of benzene rings is 1. The molecule has 1 aliphatic carbocycles. The van der Waals surface area contributed by atoms with Crippen molar-refractivity contribution in [2.45, 2.75) is 32.2 Å². The van der Waals surface area contributed by atoms with Crippen LogP contribution in [0.25, 0.3) is 0 Å². The van der Waals surface area contributed by atoms with Crippen LogP contribution >= 0.6 is 0 Å². The van der Waals surface area contributed by atoms with Gasteiger partial charge in [0.2, 0.25) is 0 Å². The van der Waals surface area contributed by atoms with Crippen LogP contribution in [0.2, 0.25) is 0 Å². The van der Waals surface area contributed by atoms with Gasteiger partial charge in [-0.3, -0.25) is 4.68 Å². The average molecular weight is 284 g/mol. The number of hydrogen-bond donors (Lipinski definition) is 2. The first-order valence-electron chi connectivity index (χ1n) is 7.24. The molecule has 1 heterocycles. The molecule has 0 aliphatic heterocycles. The fourth-order valence-corrected chi connectivity index (χ4v) is 2.70. The molecule has 0 bridgehead atoms. The Kier molecular flexibility index (Phi) is 3.85. The number of guanidine groups is 1. The van der Waals surface area contributed by atoms with E-state index < -0.39 is 0 Å². The number of rotatable bonds is 3. The number of nitrogens with one attached hydrogen (secondary N) is 1. The van der Waals surface area contributed by atoms with Gasteiger partial charge in [-0.2, -0.15) is 5.10 Å². The van der Waals surface area contributed by atoms with Crippen molar-refractivity contribution in [1.29, 1.82) is 0 Å². The third kappa shape index (κ3) is 3.04. The predicted octanol–water partition coefficient (Wildman–Crippen LogP) is 1.62. The van der Waals surface area contributed by atoms with Gasteiger partial charge in [-0.25, -0.2) is 9.98 Å². The Balaban J connectivity index is 1.73. The molecule has 6 nitrogen and oxygen atoms in total. The standard InChI is InChI=1S/C15H20N6/c1-21-14(18-10-19-21)9-17-15(16)20-13-8-4-6-11-5-2-3-7-12(11)13/h4,6,8,10H,2-3,5,7,9H2,1H3,(H3,16,17,20). The first-order valence-corrected chi connectivity index (χ1v) is 7.24. The third-order valence-electron chi connectivity index (χ3n) is 3.85. The van der Waals surface area contributed by atoms with E-state index in [0.717, 1.165) is 24.4 Å². The average Bonchev–Trinajstić information content (AvgIpc) is 2.91. The summed E-state index contributed by atoms with van der Waals surface area (Å²) in [4.78, 5) is 8.46. The molecule has 1 aromatic carbocycles. The lowest BCUT2D eigenvalue weighted by molar-refractivity contribution is 0.687. The van der Waals surface area contributed by atoms with Crippen molar-refractivity contribution in [1.82, 2.24) is 14.8 Å². The molecule has 0 saturated heterocycles. The summed E-state index contributed by atoms with van der Waals surface area (Å²) >= 11 is 0. The van der Waals surface area contributed by atoms with Crippen LogP contribution in [0.4, 0.5) is 5.69 Å². The minimum absolute atomic E-state index is 0.414. The minimum atomic E-state index is 0.414. The second-order valence-corrected chi connectivity index (χ2v) is 5.28. The van der Waals surface area contributed by atoms with E-state index in [2.05, 4.69) is 38.6 Å². The van der Waals surface area contributed by atoms with Crippen LogP contribution in [0.1, 0.15) is 29.8 Å². The zero-order valence-corrected chi connectivity index (χ0v) is 12.2. The molecule has 0 unspecified atom stereocenters. The fraction of sp³-hybridized carbons (Fsp3) is 0.400. The molecule has 1 aromatic heterocycles. The van der Waals surface area contributed by atoms with E-state index in [4.69, 9.17) is 5.73 Å². The molecule has 0 amide bonds. The molecular formula is C15H20N6. The predicted molar refractivity (Wildman–Crippen MR) is 83.0 cm³/mol. The molecule has 0 saturated carbocycles. The quantitative estimate of drug-likeness (QED) is 0.663. The van der Waals surface area contributed by atoms with Gasteiger partial charge in [0.15, 0.2) is 5.96 Å². The van der Waals surface area contributed by atoms with E-state index in [9.17, 15) is 0 Å². The molecule has 0 radical (unpaired) electrons. The van der Waals surface area contributed by atoms with Crippen LogP contribution in [0.5, 0.6) is 0 Å². The molecule has 6 heteroatoms. The van der Waals surface area contributed by atoms with Gasteiger partial charge in [0.1, 0.15) is 18.7 Å². The van der Waals surface area contributed by atoms with Crippen molar-refractivity contribution in [2.24, 2.45) is 17.8 Å². The van der Waals surface area contributed by atoms with E-state index in [1.54, 1.807) is 4.68 Å². The molecule has 3 N–H and O–H groups in total. The highest BCUT2D eigenvalue weighted by molar-refractivity contribution is 5.93. The largest absolute Gasteiger partial charge is 0.370 e. The maximum atomic E-state index is 5.99. The maximum Gasteiger partial charge on any atom is 0.193 e. The lowest BCUT2D eigenvalue weighted by Gasteiger charge is -2.19. The van der Waals surface area contributed by atoms with E-state index in [1.807, 2.05) is 7.05 Å². The molecule has 2 aromatic rings. The summed E-state index contributed by atoms with van der Waals surface area (Å²) in [6.07, 6.45) is 6.28. The zero-order chi connectivity index (χ0) is 14.7. The molecule has 0 atom stereocenters. The molecule has 0 spiro atoms. The van der Waals surface area contributed by atoms with Gasteiger partial charge in [0.05, 0.1) is 0 Å². The van der Waals surface area contributed by atoms with Crippen LogP contribution < -0.4 is 11.1 Å². The number of aliphatic imine (C=N–C) groups is 1. The van der Waals surface area contributed by atoms with Crippen molar-refractivity contribution >= 4 is 11.6 Å². The Morgan fingerprint density at radius 2 is 2.24 bits per heavy atom. The van der Waals surface area contributed by atoms with Crippen LogP contribution in [-0.4, -0.2) is 20.7 Å². The molecule has 1 aliphatic rings. The Labute approximate surface area is 124 Å². The molecule has 110 valence electrons. The number of fused-ring (bicyclic) bond motifs is 1. The molecule has 21 heavy (non-hydrogen) atoms. The van der Waals surface area contributed by atoms with Gasteiger partial charge in [-0.1, -0.05) is 12.1 Å². The van der Waals surface area contributed by atoms with Gasteiger partial charge < -0.3 is 11.1 Å². The van der Waals surface area contributed by atoms with E-state index in [1.165, 1.54) is 30.3 Å². The van der Waals surface area contributed by atoms with Crippen molar-refractivity contribution in [3.8, 4) is 0 Å². The third-order valence-corrected chi connectivity index (χ3v) is 3.85. The molecule has 0 fully saturated rings. The number of nitrogens with zero attached hydrogens (tertiary/aromatic N) is 4. The Hall–Kier alpha value is -2.37. The lowest BCUT2D eigenvalue weighted by Crippen LogP contribution is -2.24. The van der Waals surface area contributed by atoms with E-state index in [-0.39, 0.29) is 0 Å².